The molecule has 0 bridgehead atoms. The Morgan fingerprint density at radius 3 is 0.894 bits per heavy atom. The molecule has 0 radical (unpaired) electrons. The first-order valence-electron chi connectivity index (χ1n) is 38.8. The highest BCUT2D eigenvalue weighted by atomic mass is 16.5. The minimum atomic E-state index is -0.844. The van der Waals surface area contributed by atoms with Gasteiger partial charge in [0.1, 0.15) is 0 Å². The average Bonchev–Trinajstić information content (AvgIpc) is 3.55. The number of nitrogens with one attached hydrogen (secondary N) is 1. The van der Waals surface area contributed by atoms with Crippen LogP contribution in [-0.4, -0.2) is 47.4 Å². The molecule has 0 aromatic carbocycles. The molecule has 0 aliphatic heterocycles. The zero-order valence-corrected chi connectivity index (χ0v) is 57.6. The first kappa shape index (κ1) is 83.1. The third-order valence-corrected chi connectivity index (χ3v) is 18.2. The Bertz CT molecular complexity index is 1380. The van der Waals surface area contributed by atoms with E-state index in [1.165, 1.54) is 360 Å². The van der Waals surface area contributed by atoms with Crippen LogP contribution < -0.4 is 5.32 Å². The van der Waals surface area contributed by atoms with Gasteiger partial charge >= 0.3 is 5.97 Å². The molecule has 502 valence electrons. The molecule has 0 fully saturated rings. The molecule has 0 heterocycles. The van der Waals surface area contributed by atoms with Gasteiger partial charge in [-0.3, -0.25) is 9.59 Å². The van der Waals surface area contributed by atoms with Gasteiger partial charge in [-0.05, 0) is 64.2 Å². The van der Waals surface area contributed by atoms with Crippen LogP contribution in [0.4, 0.5) is 0 Å². The van der Waals surface area contributed by atoms with E-state index < -0.39 is 12.1 Å². The molecule has 1 amide bonds. The maximum absolute atomic E-state index is 12.5. The monoisotopic (exact) mass is 1190 g/mol. The van der Waals surface area contributed by atoms with E-state index in [0.717, 1.165) is 44.9 Å². The van der Waals surface area contributed by atoms with Crippen molar-refractivity contribution >= 4 is 11.9 Å². The fourth-order valence-corrected chi connectivity index (χ4v) is 12.3. The van der Waals surface area contributed by atoms with Crippen LogP contribution in [0.5, 0.6) is 0 Å². The fourth-order valence-electron chi connectivity index (χ4n) is 12.3. The number of hydrogen-bond acceptors (Lipinski definition) is 5. The van der Waals surface area contributed by atoms with Gasteiger partial charge in [0.2, 0.25) is 5.91 Å². The molecule has 2 unspecified atom stereocenters. The number of amides is 1. The number of rotatable bonds is 73. The number of hydrogen-bond donors (Lipinski definition) is 3. The molecular weight excluding hydrogens is 1040 g/mol. The van der Waals surface area contributed by atoms with Crippen LogP contribution in [0, 0.1) is 0 Å². The lowest BCUT2D eigenvalue weighted by atomic mass is 10.0. The topological polar surface area (TPSA) is 95.9 Å². The molecule has 85 heavy (non-hydrogen) atoms. The van der Waals surface area contributed by atoms with Crippen LogP contribution in [0.15, 0.2) is 36.5 Å². The number of carbonyl (C=O) groups is 2. The summed E-state index contributed by atoms with van der Waals surface area (Å²) in [6, 6.07) is -0.627. The smallest absolute Gasteiger partial charge is 0.305 e. The predicted octanol–water partition coefficient (Wildman–Crippen LogP) is 25.4. The summed E-state index contributed by atoms with van der Waals surface area (Å²) < 4.78 is 5.48. The molecular formula is C79H151NO5. The van der Waals surface area contributed by atoms with Crippen LogP contribution in [-0.2, 0) is 14.3 Å². The number of aliphatic hydroxyl groups is 2. The number of unbranched alkanes of at least 4 members (excludes halogenated alkanes) is 58. The lowest BCUT2D eigenvalue weighted by molar-refractivity contribution is -0.143. The van der Waals surface area contributed by atoms with E-state index in [4.69, 9.17) is 4.74 Å². The van der Waals surface area contributed by atoms with Crippen molar-refractivity contribution in [3.05, 3.63) is 36.5 Å². The highest BCUT2D eigenvalue weighted by Gasteiger charge is 2.18. The Hall–Kier alpha value is -1.92. The molecule has 0 saturated carbocycles. The zero-order chi connectivity index (χ0) is 61.3. The Balaban J connectivity index is 3.40. The third-order valence-electron chi connectivity index (χ3n) is 18.2. The lowest BCUT2D eigenvalue weighted by Crippen LogP contribution is -2.45. The van der Waals surface area contributed by atoms with Gasteiger partial charge in [0.15, 0.2) is 0 Å². The van der Waals surface area contributed by atoms with Gasteiger partial charge in [0, 0.05) is 12.8 Å². The molecule has 0 aliphatic rings. The maximum atomic E-state index is 12.5. The Morgan fingerprint density at radius 1 is 0.329 bits per heavy atom. The first-order chi connectivity index (χ1) is 42.0. The largest absolute Gasteiger partial charge is 0.466 e. The van der Waals surface area contributed by atoms with Crippen molar-refractivity contribution in [3.8, 4) is 0 Å². The second-order valence-electron chi connectivity index (χ2n) is 26.7. The summed E-state index contributed by atoms with van der Waals surface area (Å²) in [5, 5.41) is 23.3. The first-order valence-corrected chi connectivity index (χ1v) is 38.8. The van der Waals surface area contributed by atoms with Crippen molar-refractivity contribution in [2.45, 2.75) is 443 Å². The number of allylic oxidation sites excluding steroid dienone is 5. The van der Waals surface area contributed by atoms with Crippen molar-refractivity contribution in [1.82, 2.24) is 5.32 Å². The summed E-state index contributed by atoms with van der Waals surface area (Å²) in [6.45, 7) is 4.94. The van der Waals surface area contributed by atoms with Gasteiger partial charge in [0.25, 0.3) is 0 Å². The van der Waals surface area contributed by atoms with E-state index in [1.807, 2.05) is 6.08 Å². The summed E-state index contributed by atoms with van der Waals surface area (Å²) >= 11 is 0. The molecule has 0 aliphatic carbocycles. The van der Waals surface area contributed by atoms with Crippen molar-refractivity contribution in [2.24, 2.45) is 0 Å². The predicted molar refractivity (Wildman–Crippen MR) is 375 cm³/mol. The molecule has 3 N–H and O–H groups in total. The summed E-state index contributed by atoms with van der Waals surface area (Å²) in [7, 11) is 0. The van der Waals surface area contributed by atoms with Crippen LogP contribution in [0.25, 0.3) is 0 Å². The SMILES string of the molecule is CCCCCCCCCCCCCCCCCCCCCC/C=C/C(O)C(CO)NC(=O)CCCCCCCCCCCCCCCCCCC/C=C\C/C=C\CCCCCCCCCCCCCOC(=O)CCCCCCCCCCCCC. The molecule has 2 atom stereocenters. The minimum Gasteiger partial charge on any atom is -0.466 e. The van der Waals surface area contributed by atoms with Crippen molar-refractivity contribution in [2.75, 3.05) is 13.2 Å². The Labute approximate surface area is 532 Å². The third kappa shape index (κ3) is 71.0. The van der Waals surface area contributed by atoms with E-state index in [0.29, 0.717) is 19.4 Å². The van der Waals surface area contributed by atoms with Crippen molar-refractivity contribution in [1.29, 1.82) is 0 Å². The van der Waals surface area contributed by atoms with Crippen LogP contribution >= 0.6 is 0 Å². The van der Waals surface area contributed by atoms with Gasteiger partial charge in [-0.1, -0.05) is 391 Å². The molecule has 6 heteroatoms. The van der Waals surface area contributed by atoms with E-state index in [9.17, 15) is 19.8 Å². The second-order valence-corrected chi connectivity index (χ2v) is 26.7. The minimum absolute atomic E-state index is 0.0168. The number of carbonyl (C=O) groups excluding carboxylic acids is 2. The van der Waals surface area contributed by atoms with E-state index in [2.05, 4.69) is 43.5 Å². The molecule has 0 rings (SSSR count). The van der Waals surface area contributed by atoms with Crippen molar-refractivity contribution < 1.29 is 24.5 Å². The molecule has 0 saturated heterocycles. The van der Waals surface area contributed by atoms with Gasteiger partial charge < -0.3 is 20.3 Å². The summed E-state index contributed by atoms with van der Waals surface area (Å²) in [4.78, 5) is 24.6. The van der Waals surface area contributed by atoms with Gasteiger partial charge in [0.05, 0.1) is 25.4 Å². The average molecular weight is 1200 g/mol. The Morgan fingerprint density at radius 2 is 0.588 bits per heavy atom. The van der Waals surface area contributed by atoms with E-state index in [1.54, 1.807) is 6.08 Å². The standard InChI is InChI=1S/C79H151NO5/c1-3-5-7-9-11-13-15-16-17-18-19-20-36-39-42-45-48-52-55-59-63-67-71-77(82)76(75-81)80-78(83)72-68-64-60-56-53-49-46-43-40-37-34-32-30-28-26-24-22-21-23-25-27-29-31-33-35-38-41-44-47-50-54-58-62-66-70-74-85-79(84)73-69-65-61-57-51-14-12-10-8-6-4-2/h23,25,29,31,67,71,76-77,81-82H,3-22,24,26-28,30,32-66,68-70,72-75H2,1-2H3,(H,80,83)/b25-23-,31-29-,71-67+. The van der Waals surface area contributed by atoms with Gasteiger partial charge in [-0.25, -0.2) is 0 Å². The molecule has 6 nitrogen and oxygen atoms in total. The molecule has 0 aromatic rings. The van der Waals surface area contributed by atoms with Crippen LogP contribution in [0.1, 0.15) is 431 Å². The highest BCUT2D eigenvalue weighted by molar-refractivity contribution is 5.76. The number of aliphatic hydroxyl groups excluding tert-OH is 2. The fraction of sp³-hybridized carbons (Fsp3) is 0.899. The zero-order valence-electron chi connectivity index (χ0n) is 57.6. The van der Waals surface area contributed by atoms with E-state index in [-0.39, 0.29) is 18.5 Å². The normalized spacial score (nSPS) is 12.7. The quantitative estimate of drug-likeness (QED) is 0.0320. The van der Waals surface area contributed by atoms with Crippen LogP contribution in [0.2, 0.25) is 0 Å². The molecule has 0 aromatic heterocycles. The van der Waals surface area contributed by atoms with E-state index >= 15 is 0 Å². The summed E-state index contributed by atoms with van der Waals surface area (Å²) in [5.74, 6) is -0.0443. The molecule has 0 spiro atoms. The van der Waals surface area contributed by atoms with Crippen molar-refractivity contribution in [3.63, 3.8) is 0 Å². The second kappa shape index (κ2) is 74.5. The number of ether oxygens (including phenoxy) is 1. The number of esters is 1. The van der Waals surface area contributed by atoms with Crippen LogP contribution in [0.3, 0.4) is 0 Å². The summed E-state index contributed by atoms with van der Waals surface area (Å²) in [5.41, 5.74) is 0. The lowest BCUT2D eigenvalue weighted by Gasteiger charge is -2.20. The summed E-state index contributed by atoms with van der Waals surface area (Å²) in [6.07, 6.45) is 96.9. The van der Waals surface area contributed by atoms with Gasteiger partial charge in [-0.2, -0.15) is 0 Å². The maximum Gasteiger partial charge on any atom is 0.305 e. The highest BCUT2D eigenvalue weighted by Crippen LogP contribution is 2.19. The Kier molecular flexibility index (Phi) is 72.9. The van der Waals surface area contributed by atoms with Gasteiger partial charge in [-0.15, -0.1) is 0 Å².